The SMILES string of the molecule is CCC(C)C(C(CC(=O)N1CCCC1C(OC)C(C)C(=O)CC(C)C(O)c1ccccc1)OC)N(C)C(=O)C(CC(=O)C(C(C)C)N(C)C(=O)OCc1ccc(NC(=O)C(CC(=O)C(NC(CCCCCN2C(=O)CC(C)C2=O)C(F)(F)F)C(C)C)CC2CCC(CN)CC2)cc1)C(C)C. The number of halogens is 3. The number of alkyl halides is 3. The second-order valence-electron chi connectivity index (χ2n) is 30.2. The number of imide groups is 1. The lowest BCUT2D eigenvalue weighted by atomic mass is 9.76. The van der Waals surface area contributed by atoms with Gasteiger partial charge in [-0.1, -0.05) is 151 Å². The highest BCUT2D eigenvalue weighted by Crippen LogP contribution is 2.37. The molecule has 2 aromatic carbocycles. The summed E-state index contributed by atoms with van der Waals surface area (Å²) in [5.41, 5.74) is 7.65. The third-order valence-corrected chi connectivity index (χ3v) is 21.7. The third kappa shape index (κ3) is 23.7. The van der Waals surface area contributed by atoms with Crippen molar-refractivity contribution in [3.63, 3.8) is 0 Å². The molecule has 1 aliphatic carbocycles. The van der Waals surface area contributed by atoms with E-state index in [-0.39, 0.29) is 123 Å². The summed E-state index contributed by atoms with van der Waals surface area (Å²) >= 11 is 0. The fourth-order valence-electron chi connectivity index (χ4n) is 15.3. The Morgan fingerprint density at radius 3 is 1.93 bits per heavy atom. The van der Waals surface area contributed by atoms with Crippen LogP contribution >= 0.6 is 0 Å². The Morgan fingerprint density at radius 2 is 1.38 bits per heavy atom. The maximum absolute atomic E-state index is 14.9. The zero-order valence-corrected chi connectivity index (χ0v) is 62.4. The van der Waals surface area contributed by atoms with E-state index >= 15 is 0 Å². The molecule has 14 unspecified atom stereocenters. The Balaban J connectivity index is 1.20. The second kappa shape index (κ2) is 40.1. The lowest BCUT2D eigenvalue weighted by molar-refractivity contribution is -0.161. The van der Waals surface area contributed by atoms with E-state index in [9.17, 15) is 61.4 Å². The molecule has 2 heterocycles. The number of ether oxygens (including phenoxy) is 3. The summed E-state index contributed by atoms with van der Waals surface area (Å²) in [6.45, 7) is 21.0. The Labute approximate surface area is 593 Å². The van der Waals surface area contributed by atoms with Crippen LogP contribution in [0.3, 0.4) is 0 Å². The van der Waals surface area contributed by atoms with Gasteiger partial charge in [0.2, 0.25) is 29.5 Å². The van der Waals surface area contributed by atoms with E-state index in [0.29, 0.717) is 68.8 Å². The van der Waals surface area contributed by atoms with Gasteiger partial charge in [-0.15, -0.1) is 0 Å². The Hall–Kier alpha value is -6.14. The van der Waals surface area contributed by atoms with Gasteiger partial charge in [-0.05, 0) is 116 Å². The van der Waals surface area contributed by atoms with Crippen molar-refractivity contribution in [2.75, 3.05) is 53.3 Å². The molecule has 562 valence electrons. The molecule has 0 radical (unpaired) electrons. The van der Waals surface area contributed by atoms with Gasteiger partial charge in [-0.3, -0.25) is 48.6 Å². The maximum Gasteiger partial charge on any atom is 0.410 e. The molecule has 23 heteroatoms. The van der Waals surface area contributed by atoms with Crippen molar-refractivity contribution in [2.24, 2.45) is 70.8 Å². The molecule has 0 aromatic heterocycles. The number of hydrogen-bond donors (Lipinski definition) is 4. The van der Waals surface area contributed by atoms with Crippen LogP contribution in [0.4, 0.5) is 23.7 Å². The minimum atomic E-state index is -4.68. The quantitative estimate of drug-likeness (QED) is 0.0356. The number of nitrogens with zero attached hydrogens (tertiary/aromatic N) is 4. The summed E-state index contributed by atoms with van der Waals surface area (Å²) in [5.74, 6) is -6.40. The number of aliphatic hydroxyl groups is 1. The fraction of sp³-hybridized carbons (Fsp3) is 0.727. The number of nitrogens with two attached hydrogens (primary N) is 1. The molecule has 2 aromatic rings. The van der Waals surface area contributed by atoms with Gasteiger partial charge >= 0.3 is 12.3 Å². The number of carbonyl (C=O) groups excluding carboxylic acids is 9. The number of methoxy groups -OCH3 is 2. The molecular formula is C77H120F3N7O13. The average molecular weight is 1410 g/mol. The zero-order valence-electron chi connectivity index (χ0n) is 62.4. The Bertz CT molecular complexity index is 2960. The molecule has 5 rings (SSSR count). The van der Waals surface area contributed by atoms with Crippen LogP contribution in [0.25, 0.3) is 0 Å². The highest BCUT2D eigenvalue weighted by Gasteiger charge is 2.46. The van der Waals surface area contributed by atoms with Crippen LogP contribution in [0.1, 0.15) is 203 Å². The van der Waals surface area contributed by atoms with Gasteiger partial charge in [-0.2, -0.15) is 13.2 Å². The molecule has 2 aliphatic heterocycles. The Morgan fingerprint density at radius 1 is 0.740 bits per heavy atom. The molecular weight excluding hydrogens is 1290 g/mol. The number of ketones is 3. The molecule has 3 aliphatic rings. The van der Waals surface area contributed by atoms with Crippen LogP contribution in [0.2, 0.25) is 0 Å². The molecule has 20 nitrogen and oxygen atoms in total. The number of hydrogen-bond acceptors (Lipinski definition) is 15. The van der Waals surface area contributed by atoms with Gasteiger partial charge in [-0.25, -0.2) is 4.79 Å². The first-order valence-electron chi connectivity index (χ1n) is 36.8. The molecule has 0 spiro atoms. The molecule has 1 saturated carbocycles. The van der Waals surface area contributed by atoms with Gasteiger partial charge in [0.1, 0.15) is 18.4 Å². The zero-order chi connectivity index (χ0) is 74.5. The minimum absolute atomic E-state index is 0.0602. The number of Topliss-reactive ketones (excluding diaryl/α,β-unsaturated/α-hetero) is 3. The van der Waals surface area contributed by atoms with Gasteiger partial charge in [0.15, 0.2) is 11.6 Å². The van der Waals surface area contributed by atoms with Gasteiger partial charge in [0.25, 0.3) is 0 Å². The van der Waals surface area contributed by atoms with Gasteiger partial charge < -0.3 is 45.1 Å². The maximum atomic E-state index is 14.9. The number of nitrogens with one attached hydrogen (secondary N) is 2. The van der Waals surface area contributed by atoms with E-state index in [2.05, 4.69) is 10.6 Å². The van der Waals surface area contributed by atoms with E-state index in [1.165, 1.54) is 24.0 Å². The van der Waals surface area contributed by atoms with Crippen molar-refractivity contribution >= 4 is 58.7 Å². The van der Waals surface area contributed by atoms with E-state index in [1.54, 1.807) is 69.0 Å². The first kappa shape index (κ1) is 84.5. The number of benzene rings is 2. The van der Waals surface area contributed by atoms with Gasteiger partial charge in [0.05, 0.1) is 48.9 Å². The summed E-state index contributed by atoms with van der Waals surface area (Å²) in [6.07, 6.45) is -1.78. The molecule has 14 atom stereocenters. The van der Waals surface area contributed by atoms with Gasteiger partial charge in [0, 0.05) is 96.4 Å². The number of unbranched alkanes of at least 4 members (excludes halogenated alkanes) is 2. The molecule has 3 fully saturated rings. The van der Waals surface area contributed by atoms with Crippen molar-refractivity contribution in [2.45, 2.75) is 247 Å². The lowest BCUT2D eigenvalue weighted by Gasteiger charge is -2.41. The van der Waals surface area contributed by atoms with Crippen LogP contribution in [0, 0.1) is 65.1 Å². The summed E-state index contributed by atoms with van der Waals surface area (Å²) < 4.78 is 61.9. The van der Waals surface area contributed by atoms with Crippen molar-refractivity contribution in [1.29, 1.82) is 0 Å². The van der Waals surface area contributed by atoms with Crippen LogP contribution in [-0.4, -0.2) is 174 Å². The van der Waals surface area contributed by atoms with E-state index in [4.69, 9.17) is 19.9 Å². The molecule has 5 N–H and O–H groups in total. The predicted molar refractivity (Wildman–Crippen MR) is 379 cm³/mol. The number of amides is 6. The average Bonchev–Trinajstić information content (AvgIpc) is 1.70. The number of rotatable bonds is 41. The smallest absolute Gasteiger partial charge is 0.410 e. The molecule has 6 amide bonds. The van der Waals surface area contributed by atoms with Crippen LogP contribution in [-0.2, 0) is 59.2 Å². The lowest BCUT2D eigenvalue weighted by Crippen LogP contribution is -2.54. The van der Waals surface area contributed by atoms with Crippen molar-refractivity contribution < 1.29 is 75.6 Å². The van der Waals surface area contributed by atoms with Crippen molar-refractivity contribution in [1.82, 2.24) is 24.9 Å². The molecule has 100 heavy (non-hydrogen) atoms. The summed E-state index contributed by atoms with van der Waals surface area (Å²) in [4.78, 5) is 131. The number of likely N-dealkylation sites (tertiary alicyclic amines) is 2. The third-order valence-electron chi connectivity index (χ3n) is 21.7. The van der Waals surface area contributed by atoms with E-state index in [1.807, 2.05) is 85.7 Å². The Kier molecular flexibility index (Phi) is 33.9. The topological polar surface area (TPSA) is 265 Å². The normalized spacial score (nSPS) is 21.2. The summed E-state index contributed by atoms with van der Waals surface area (Å²) in [5, 5.41) is 16.6. The van der Waals surface area contributed by atoms with Crippen molar-refractivity contribution in [3.05, 3.63) is 65.7 Å². The molecule has 2 saturated heterocycles. The van der Waals surface area contributed by atoms with Crippen molar-refractivity contribution in [3.8, 4) is 0 Å². The van der Waals surface area contributed by atoms with Crippen LogP contribution in [0.5, 0.6) is 0 Å². The second-order valence-corrected chi connectivity index (χ2v) is 30.2. The van der Waals surface area contributed by atoms with E-state index < -0.39 is 102 Å². The first-order chi connectivity index (χ1) is 47.2. The molecule has 0 bridgehead atoms. The highest BCUT2D eigenvalue weighted by molar-refractivity contribution is 6.03. The number of carbonyl (C=O) groups is 9. The standard InChI is InChI=1S/C77H120F3N7O13/c1-16-49(8)70(64(98-14)43-67(92)86-37-23-26-60(86)72(99-15)52(11)61(88)38-50(9)71(93)56-24-19-17-20-25-56)84(12)75(96)59(46(2)3)42-63(90)69(48(6)7)85(13)76(97)100-45-55-32-34-58(35-33-55)82-73(94)57(40-53-28-30-54(44-81)31-29-53)41-62(89)68(47(4)5)83-65(77(78,79)80)27-21-18-22-36-87-66(91)39-51(10)74(87)95/h17,19-20,24-25,32-35,46-54,57,59-60,64-65,68-72,83,93H,16,18,21-23,26-31,36-45,81H2,1-15H3,(H,82,94). The first-order valence-corrected chi connectivity index (χ1v) is 36.8. The number of aliphatic hydroxyl groups excluding tert-OH is 1. The monoisotopic (exact) mass is 1410 g/mol. The van der Waals surface area contributed by atoms with Crippen LogP contribution < -0.4 is 16.4 Å². The van der Waals surface area contributed by atoms with E-state index in [0.717, 1.165) is 31.2 Å². The summed E-state index contributed by atoms with van der Waals surface area (Å²) in [6, 6.07) is 10.6. The summed E-state index contributed by atoms with van der Waals surface area (Å²) in [7, 11) is 6.23. The minimum Gasteiger partial charge on any atom is -0.445 e. The fourth-order valence-corrected chi connectivity index (χ4v) is 15.3. The predicted octanol–water partition coefficient (Wildman–Crippen LogP) is 11.9. The number of anilines is 1. The van der Waals surface area contributed by atoms with Crippen LogP contribution in [0.15, 0.2) is 54.6 Å². The largest absolute Gasteiger partial charge is 0.445 e. The highest BCUT2D eigenvalue weighted by atomic mass is 19.4. The number of likely N-dealkylation sites (N-methyl/N-ethyl adjacent to an activating group) is 2.